The van der Waals surface area contributed by atoms with Gasteiger partial charge in [-0.2, -0.15) is 5.26 Å². The van der Waals surface area contributed by atoms with E-state index < -0.39 is 0 Å². The van der Waals surface area contributed by atoms with Crippen LogP contribution in [0.15, 0.2) is 43.1 Å². The van der Waals surface area contributed by atoms with E-state index in [1.807, 2.05) is 30.5 Å². The van der Waals surface area contributed by atoms with Gasteiger partial charge in [0, 0.05) is 24.2 Å². The molecule has 0 spiro atoms. The molecule has 1 aromatic heterocycles. The highest BCUT2D eigenvalue weighted by molar-refractivity contribution is 5.84. The minimum absolute atomic E-state index is 0.0817. The van der Waals surface area contributed by atoms with Crippen LogP contribution in [0.2, 0.25) is 0 Å². The second-order valence-electron chi connectivity index (χ2n) is 7.42. The van der Waals surface area contributed by atoms with Crippen molar-refractivity contribution in [1.82, 2.24) is 9.88 Å². The minimum Gasteiger partial charge on any atom is -0.497 e. The molecule has 5 nitrogen and oxygen atoms in total. The van der Waals surface area contributed by atoms with Gasteiger partial charge in [-0.3, -0.25) is 9.88 Å². The smallest absolute Gasteiger partial charge is 0.134 e. The summed E-state index contributed by atoms with van der Waals surface area (Å²) in [5.41, 5.74) is 2.00. The van der Waals surface area contributed by atoms with E-state index in [0.29, 0.717) is 11.8 Å². The number of piperidine rings is 3. The number of benzene rings is 1. The van der Waals surface area contributed by atoms with E-state index in [9.17, 15) is 0 Å². The third kappa shape index (κ3) is 3.31. The van der Waals surface area contributed by atoms with Crippen molar-refractivity contribution in [3.63, 3.8) is 0 Å². The summed E-state index contributed by atoms with van der Waals surface area (Å²) >= 11 is 0. The summed E-state index contributed by atoms with van der Waals surface area (Å²) in [5, 5.41) is 10.2. The molecule has 4 heterocycles. The lowest BCUT2D eigenvalue weighted by atomic mass is 9.73. The zero-order chi connectivity index (χ0) is 18.8. The molecule has 0 radical (unpaired) electrons. The standard InChI is InChI=1S/C22H25N3O2/c1-3-15-14-25-10-7-16(15)12-21(25)22(27-11-8-23)18-6-9-24-20-5-4-17(26-2)13-19(18)20/h3-6,9,13,15-16,21-22H,1,7,10-12,14H2,2H3/t15-,16?,21-,22+/m0/s1. The van der Waals surface area contributed by atoms with Crippen LogP contribution in [0.3, 0.4) is 0 Å². The highest BCUT2D eigenvalue weighted by atomic mass is 16.5. The van der Waals surface area contributed by atoms with Crippen LogP contribution in [0.5, 0.6) is 5.75 Å². The lowest BCUT2D eigenvalue weighted by Crippen LogP contribution is -2.55. The number of fused-ring (bicyclic) bond motifs is 4. The minimum atomic E-state index is -0.157. The molecule has 3 aliphatic heterocycles. The Hall–Kier alpha value is -2.42. The van der Waals surface area contributed by atoms with Gasteiger partial charge in [0.2, 0.25) is 0 Å². The summed E-state index contributed by atoms with van der Waals surface area (Å²) in [6, 6.07) is 10.4. The summed E-state index contributed by atoms with van der Waals surface area (Å²) in [7, 11) is 1.67. The number of aromatic nitrogens is 1. The molecule has 140 valence electrons. The van der Waals surface area contributed by atoms with Gasteiger partial charge in [0.05, 0.1) is 18.7 Å². The van der Waals surface area contributed by atoms with Gasteiger partial charge in [-0.15, -0.1) is 6.58 Å². The van der Waals surface area contributed by atoms with Gasteiger partial charge < -0.3 is 9.47 Å². The number of hydrogen-bond donors (Lipinski definition) is 0. The Morgan fingerprint density at radius 2 is 2.33 bits per heavy atom. The average molecular weight is 363 g/mol. The Morgan fingerprint density at radius 3 is 3.04 bits per heavy atom. The third-order valence-corrected chi connectivity index (χ3v) is 6.12. The van der Waals surface area contributed by atoms with Gasteiger partial charge in [0.1, 0.15) is 18.5 Å². The zero-order valence-electron chi connectivity index (χ0n) is 15.7. The van der Waals surface area contributed by atoms with Crippen molar-refractivity contribution in [3.05, 3.63) is 48.7 Å². The molecular formula is C22H25N3O2. The first-order valence-corrected chi connectivity index (χ1v) is 9.53. The highest BCUT2D eigenvalue weighted by Gasteiger charge is 2.43. The molecule has 2 bridgehead atoms. The first-order valence-electron chi connectivity index (χ1n) is 9.53. The fourth-order valence-electron chi connectivity index (χ4n) is 4.75. The first kappa shape index (κ1) is 18.0. The largest absolute Gasteiger partial charge is 0.497 e. The average Bonchev–Trinajstić information content (AvgIpc) is 2.74. The molecule has 3 aliphatic rings. The van der Waals surface area contributed by atoms with Crippen molar-refractivity contribution >= 4 is 10.9 Å². The number of pyridine rings is 1. The van der Waals surface area contributed by atoms with Crippen molar-refractivity contribution in [2.24, 2.45) is 11.8 Å². The van der Waals surface area contributed by atoms with Crippen molar-refractivity contribution in [3.8, 4) is 11.8 Å². The van der Waals surface area contributed by atoms with Gasteiger partial charge >= 0.3 is 0 Å². The van der Waals surface area contributed by atoms with E-state index in [1.165, 1.54) is 6.42 Å². The fraction of sp³-hybridized carbons (Fsp3) is 0.455. The second kappa shape index (κ2) is 7.67. The molecule has 3 fully saturated rings. The normalized spacial score (nSPS) is 27.9. The van der Waals surface area contributed by atoms with Crippen molar-refractivity contribution in [2.75, 3.05) is 26.8 Å². The number of ether oxygens (including phenoxy) is 2. The van der Waals surface area contributed by atoms with Gasteiger partial charge in [0.25, 0.3) is 0 Å². The zero-order valence-corrected chi connectivity index (χ0v) is 15.7. The lowest BCUT2D eigenvalue weighted by Gasteiger charge is -2.51. The SMILES string of the molecule is C=C[C@H]1CN2CCC1C[C@H]2[C@H](OCC#N)c1ccnc2ccc(OC)cc12. The first-order chi connectivity index (χ1) is 13.2. The fourth-order valence-corrected chi connectivity index (χ4v) is 4.75. The predicted octanol–water partition coefficient (Wildman–Crippen LogP) is 3.72. The molecule has 5 rings (SSSR count). The Labute approximate surface area is 160 Å². The van der Waals surface area contributed by atoms with E-state index in [0.717, 1.165) is 41.7 Å². The maximum absolute atomic E-state index is 9.13. The highest BCUT2D eigenvalue weighted by Crippen LogP contribution is 2.43. The van der Waals surface area contributed by atoms with Gasteiger partial charge in [0.15, 0.2) is 0 Å². The molecule has 0 aliphatic carbocycles. The van der Waals surface area contributed by atoms with Crippen LogP contribution in [0.4, 0.5) is 0 Å². The Balaban J connectivity index is 1.74. The molecule has 0 N–H and O–H groups in total. The van der Waals surface area contributed by atoms with E-state index >= 15 is 0 Å². The summed E-state index contributed by atoms with van der Waals surface area (Å²) in [4.78, 5) is 7.01. The van der Waals surface area contributed by atoms with Gasteiger partial charge in [-0.25, -0.2) is 0 Å². The van der Waals surface area contributed by atoms with E-state index in [1.54, 1.807) is 7.11 Å². The Kier molecular flexibility index (Phi) is 5.11. The van der Waals surface area contributed by atoms with Crippen LogP contribution in [0.1, 0.15) is 24.5 Å². The van der Waals surface area contributed by atoms with Crippen LogP contribution in [0.25, 0.3) is 10.9 Å². The molecule has 0 saturated carbocycles. The third-order valence-electron chi connectivity index (χ3n) is 6.12. The van der Waals surface area contributed by atoms with Crippen LogP contribution >= 0.6 is 0 Å². The van der Waals surface area contributed by atoms with Crippen LogP contribution in [-0.4, -0.2) is 42.7 Å². The topological polar surface area (TPSA) is 58.4 Å². The molecule has 2 unspecified atom stereocenters. The number of rotatable bonds is 6. The molecule has 1 aromatic carbocycles. The molecule has 2 aromatic rings. The van der Waals surface area contributed by atoms with Crippen molar-refractivity contribution < 1.29 is 9.47 Å². The number of methoxy groups -OCH3 is 1. The van der Waals surface area contributed by atoms with Crippen LogP contribution in [0, 0.1) is 23.2 Å². The Morgan fingerprint density at radius 1 is 1.44 bits per heavy atom. The molecule has 5 heteroatoms. The van der Waals surface area contributed by atoms with Crippen molar-refractivity contribution in [1.29, 1.82) is 5.26 Å². The summed E-state index contributed by atoms with van der Waals surface area (Å²) in [5.74, 6) is 2.00. The number of hydrogen-bond acceptors (Lipinski definition) is 5. The maximum atomic E-state index is 9.13. The maximum Gasteiger partial charge on any atom is 0.134 e. The lowest BCUT2D eigenvalue weighted by molar-refractivity contribution is -0.0675. The van der Waals surface area contributed by atoms with Gasteiger partial charge in [-0.05, 0) is 61.1 Å². The number of nitrogens with zero attached hydrogens (tertiary/aromatic N) is 3. The molecular weight excluding hydrogens is 338 g/mol. The summed E-state index contributed by atoms with van der Waals surface area (Å²) in [6.07, 6.45) is 6.06. The van der Waals surface area contributed by atoms with Crippen molar-refractivity contribution in [2.45, 2.75) is 25.0 Å². The molecule has 3 saturated heterocycles. The van der Waals surface area contributed by atoms with Crippen LogP contribution in [-0.2, 0) is 4.74 Å². The molecule has 27 heavy (non-hydrogen) atoms. The predicted molar refractivity (Wildman–Crippen MR) is 104 cm³/mol. The van der Waals surface area contributed by atoms with Gasteiger partial charge in [-0.1, -0.05) is 6.08 Å². The quantitative estimate of drug-likeness (QED) is 0.732. The molecule has 5 atom stereocenters. The summed E-state index contributed by atoms with van der Waals surface area (Å²) in [6.45, 7) is 6.21. The monoisotopic (exact) mass is 363 g/mol. The summed E-state index contributed by atoms with van der Waals surface area (Å²) < 4.78 is 11.5. The molecule has 0 amide bonds. The van der Waals surface area contributed by atoms with E-state index in [-0.39, 0.29) is 18.8 Å². The number of nitriles is 1. The Bertz CT molecular complexity index is 875. The van der Waals surface area contributed by atoms with Crippen LogP contribution < -0.4 is 4.74 Å². The van der Waals surface area contributed by atoms with E-state index in [4.69, 9.17) is 14.7 Å². The second-order valence-corrected chi connectivity index (χ2v) is 7.42. The van der Waals surface area contributed by atoms with E-state index in [2.05, 4.69) is 28.6 Å².